The first-order chi connectivity index (χ1) is 9.92. The van der Waals surface area contributed by atoms with Gasteiger partial charge in [-0.2, -0.15) is 0 Å². The summed E-state index contributed by atoms with van der Waals surface area (Å²) >= 11 is 0. The minimum absolute atomic E-state index is 0.00949. The average Bonchev–Trinajstić information content (AvgIpc) is 2.37. The molecule has 0 spiro atoms. The Labute approximate surface area is 126 Å². The predicted octanol–water partition coefficient (Wildman–Crippen LogP) is 2.64. The van der Waals surface area contributed by atoms with Crippen LogP contribution >= 0.6 is 0 Å². The summed E-state index contributed by atoms with van der Waals surface area (Å²) in [7, 11) is 3.39. The zero-order chi connectivity index (χ0) is 15.8. The van der Waals surface area contributed by atoms with Gasteiger partial charge in [-0.25, -0.2) is 0 Å². The first-order valence-corrected chi connectivity index (χ1v) is 7.12. The molecule has 0 saturated carbocycles. The number of aliphatic carboxylic acids is 1. The molecule has 0 unspecified atom stereocenters. The van der Waals surface area contributed by atoms with Crippen LogP contribution in [0.1, 0.15) is 25.8 Å². The summed E-state index contributed by atoms with van der Waals surface area (Å²) in [6, 6.07) is 5.69. The van der Waals surface area contributed by atoms with Crippen molar-refractivity contribution in [1.82, 2.24) is 4.90 Å². The molecule has 0 saturated heterocycles. The van der Waals surface area contributed by atoms with Crippen LogP contribution in [0.15, 0.2) is 18.2 Å². The summed E-state index contributed by atoms with van der Waals surface area (Å²) in [4.78, 5) is 12.4. The smallest absolute Gasteiger partial charge is 0.317 e. The van der Waals surface area contributed by atoms with Gasteiger partial charge in [0.1, 0.15) is 0 Å². The molecule has 118 valence electrons. The van der Waals surface area contributed by atoms with E-state index < -0.39 is 5.97 Å². The maximum atomic E-state index is 10.7. The van der Waals surface area contributed by atoms with Crippen molar-refractivity contribution >= 4 is 5.97 Å². The molecule has 1 aromatic rings. The van der Waals surface area contributed by atoms with Gasteiger partial charge in [0.15, 0.2) is 11.5 Å². The highest BCUT2D eigenvalue weighted by molar-refractivity contribution is 5.69. The van der Waals surface area contributed by atoms with Gasteiger partial charge in [0.05, 0.1) is 20.3 Å². The lowest BCUT2D eigenvalue weighted by atomic mass is 10.1. The molecule has 0 fully saturated rings. The predicted molar refractivity (Wildman–Crippen MR) is 81.9 cm³/mol. The summed E-state index contributed by atoms with van der Waals surface area (Å²) < 4.78 is 11.1. The largest absolute Gasteiger partial charge is 0.493 e. The Morgan fingerprint density at radius 3 is 2.62 bits per heavy atom. The number of hydrogen-bond donors (Lipinski definition) is 1. The summed E-state index contributed by atoms with van der Waals surface area (Å²) in [6.07, 6.45) is 0.978. The normalized spacial score (nSPS) is 11.0. The van der Waals surface area contributed by atoms with Crippen LogP contribution in [0.2, 0.25) is 0 Å². The van der Waals surface area contributed by atoms with Gasteiger partial charge in [0.2, 0.25) is 0 Å². The highest BCUT2D eigenvalue weighted by Crippen LogP contribution is 2.28. The molecule has 0 heterocycles. The molecule has 21 heavy (non-hydrogen) atoms. The quantitative estimate of drug-likeness (QED) is 0.759. The van der Waals surface area contributed by atoms with E-state index in [1.807, 2.05) is 18.2 Å². The summed E-state index contributed by atoms with van der Waals surface area (Å²) in [5.41, 5.74) is 0.999. The van der Waals surface area contributed by atoms with Gasteiger partial charge in [-0.15, -0.1) is 0 Å². The lowest BCUT2D eigenvalue weighted by molar-refractivity contribution is -0.138. The van der Waals surface area contributed by atoms with Gasteiger partial charge in [0, 0.05) is 6.54 Å². The first kappa shape index (κ1) is 17.3. The third kappa shape index (κ3) is 6.49. The maximum absolute atomic E-state index is 10.7. The standard InChI is InChI=1S/C16H25NO4/c1-12(2)7-8-21-15-9-13(5-6-14(15)20-4)10-17(3)11-16(18)19/h5-6,9,12H,7-8,10-11H2,1-4H3,(H,18,19). The number of ether oxygens (including phenoxy) is 2. The maximum Gasteiger partial charge on any atom is 0.317 e. The number of carbonyl (C=O) groups is 1. The van der Waals surface area contributed by atoms with Crippen LogP contribution < -0.4 is 9.47 Å². The monoisotopic (exact) mass is 295 g/mol. The Hall–Kier alpha value is -1.75. The number of hydrogen-bond acceptors (Lipinski definition) is 4. The lowest BCUT2D eigenvalue weighted by Gasteiger charge is -2.16. The fourth-order valence-electron chi connectivity index (χ4n) is 1.94. The van der Waals surface area contributed by atoms with E-state index in [1.165, 1.54) is 0 Å². The molecule has 0 aromatic heterocycles. The number of likely N-dealkylation sites (N-methyl/N-ethyl adjacent to an activating group) is 1. The molecule has 5 heteroatoms. The SMILES string of the molecule is COc1ccc(CN(C)CC(=O)O)cc1OCCC(C)C. The van der Waals surface area contributed by atoms with Gasteiger partial charge < -0.3 is 14.6 Å². The van der Waals surface area contributed by atoms with Crippen molar-refractivity contribution in [2.45, 2.75) is 26.8 Å². The van der Waals surface area contributed by atoms with E-state index in [-0.39, 0.29) is 6.54 Å². The lowest BCUT2D eigenvalue weighted by Crippen LogP contribution is -2.25. The number of rotatable bonds is 9. The van der Waals surface area contributed by atoms with Crippen LogP contribution in [-0.4, -0.2) is 43.3 Å². The van der Waals surface area contributed by atoms with Gasteiger partial charge in [-0.05, 0) is 37.1 Å². The van der Waals surface area contributed by atoms with Crippen molar-refractivity contribution in [2.24, 2.45) is 5.92 Å². The Balaban J connectivity index is 2.71. The zero-order valence-corrected chi connectivity index (χ0v) is 13.3. The third-order valence-corrected chi connectivity index (χ3v) is 3.04. The van der Waals surface area contributed by atoms with E-state index in [2.05, 4.69) is 13.8 Å². The Bertz CT molecular complexity index is 460. The van der Waals surface area contributed by atoms with Gasteiger partial charge in [-0.3, -0.25) is 9.69 Å². The molecule has 0 aliphatic carbocycles. The fraction of sp³-hybridized carbons (Fsp3) is 0.562. The average molecular weight is 295 g/mol. The second kappa shape index (κ2) is 8.52. The van der Waals surface area contributed by atoms with Crippen molar-refractivity contribution < 1.29 is 19.4 Å². The fourth-order valence-corrected chi connectivity index (χ4v) is 1.94. The van der Waals surface area contributed by atoms with Crippen LogP contribution in [-0.2, 0) is 11.3 Å². The molecule has 1 rings (SSSR count). The Morgan fingerprint density at radius 1 is 1.33 bits per heavy atom. The van der Waals surface area contributed by atoms with Crippen molar-refractivity contribution in [3.05, 3.63) is 23.8 Å². The van der Waals surface area contributed by atoms with Crippen LogP contribution in [0.5, 0.6) is 11.5 Å². The molecule has 5 nitrogen and oxygen atoms in total. The van der Waals surface area contributed by atoms with Crippen molar-refractivity contribution in [1.29, 1.82) is 0 Å². The third-order valence-electron chi connectivity index (χ3n) is 3.04. The second-order valence-corrected chi connectivity index (χ2v) is 5.58. The van der Waals surface area contributed by atoms with Gasteiger partial charge >= 0.3 is 5.97 Å². The molecule has 0 aliphatic rings. The second-order valence-electron chi connectivity index (χ2n) is 5.58. The molecule has 0 atom stereocenters. The molecule has 0 amide bonds. The molecule has 0 bridgehead atoms. The number of nitrogens with zero attached hydrogens (tertiary/aromatic N) is 1. The van der Waals surface area contributed by atoms with E-state index in [9.17, 15) is 4.79 Å². The van der Waals surface area contributed by atoms with Crippen molar-refractivity contribution in [3.8, 4) is 11.5 Å². The van der Waals surface area contributed by atoms with Crippen LogP contribution in [0.4, 0.5) is 0 Å². The number of carboxylic acid groups (broad SMARTS) is 1. The van der Waals surface area contributed by atoms with Gasteiger partial charge in [0.25, 0.3) is 0 Å². The van der Waals surface area contributed by atoms with Crippen LogP contribution in [0.25, 0.3) is 0 Å². The Morgan fingerprint density at radius 2 is 2.05 bits per heavy atom. The summed E-state index contributed by atoms with van der Waals surface area (Å²) in [6.45, 7) is 5.50. The number of carboxylic acids is 1. The molecule has 0 aliphatic heterocycles. The van der Waals surface area contributed by atoms with E-state index in [0.29, 0.717) is 30.6 Å². The minimum Gasteiger partial charge on any atom is -0.493 e. The molecule has 1 aromatic carbocycles. The molecule has 0 radical (unpaired) electrons. The van der Waals surface area contributed by atoms with E-state index >= 15 is 0 Å². The van der Waals surface area contributed by atoms with Crippen LogP contribution in [0.3, 0.4) is 0 Å². The summed E-state index contributed by atoms with van der Waals surface area (Å²) in [5, 5.41) is 8.78. The minimum atomic E-state index is -0.834. The van der Waals surface area contributed by atoms with Gasteiger partial charge in [-0.1, -0.05) is 19.9 Å². The van der Waals surface area contributed by atoms with E-state index in [4.69, 9.17) is 14.6 Å². The van der Waals surface area contributed by atoms with E-state index in [0.717, 1.165) is 12.0 Å². The van der Waals surface area contributed by atoms with Crippen molar-refractivity contribution in [3.63, 3.8) is 0 Å². The highest BCUT2D eigenvalue weighted by atomic mass is 16.5. The van der Waals surface area contributed by atoms with Crippen LogP contribution in [0, 0.1) is 5.92 Å². The zero-order valence-electron chi connectivity index (χ0n) is 13.3. The van der Waals surface area contributed by atoms with E-state index in [1.54, 1.807) is 19.1 Å². The first-order valence-electron chi connectivity index (χ1n) is 7.12. The molecular weight excluding hydrogens is 270 g/mol. The number of methoxy groups -OCH3 is 1. The molecule has 1 N–H and O–H groups in total. The van der Waals surface area contributed by atoms with Crippen molar-refractivity contribution in [2.75, 3.05) is 27.3 Å². The summed E-state index contributed by atoms with van der Waals surface area (Å²) in [5.74, 6) is 1.16. The number of benzene rings is 1. The topological polar surface area (TPSA) is 59.0 Å². The molecular formula is C16H25NO4. The highest BCUT2D eigenvalue weighted by Gasteiger charge is 2.09. The Kier molecular flexibility index (Phi) is 7.02.